The fraction of sp³-hybridized carbons (Fsp3) is 0.389. The van der Waals surface area contributed by atoms with Crippen molar-refractivity contribution in [3.05, 3.63) is 114 Å². The monoisotopic (exact) mass is 676 g/mol. The minimum Gasteiger partial charge on any atom is -0.492 e. The summed E-state index contributed by atoms with van der Waals surface area (Å²) in [7, 11) is 0. The van der Waals surface area contributed by atoms with Crippen LogP contribution < -0.4 is 14.2 Å². The lowest BCUT2D eigenvalue weighted by atomic mass is 10.1. The van der Waals surface area contributed by atoms with Crippen LogP contribution in [0, 0.1) is 0 Å². The zero-order chi connectivity index (χ0) is 31.8. The zero-order valence-electron chi connectivity index (χ0n) is 26.3. The number of para-hydroxylation sites is 2. The highest BCUT2D eigenvalue weighted by molar-refractivity contribution is 9.10. The molecule has 1 N–H and O–H groups in total. The van der Waals surface area contributed by atoms with Crippen LogP contribution in [-0.4, -0.2) is 88.6 Å². The van der Waals surface area contributed by atoms with Crippen molar-refractivity contribution in [3.8, 4) is 17.2 Å². The van der Waals surface area contributed by atoms with Gasteiger partial charge >= 0.3 is 0 Å². The van der Waals surface area contributed by atoms with Crippen molar-refractivity contribution in [1.29, 1.82) is 0 Å². The quantitative estimate of drug-likeness (QED) is 0.208. The largest absolute Gasteiger partial charge is 0.492 e. The Balaban J connectivity index is 0.000000174. The summed E-state index contributed by atoms with van der Waals surface area (Å²) < 4.78 is 18.5. The Kier molecular flexibility index (Phi) is 13.6. The number of β-amino-alcohol motifs (C(OH)–C–C–N with tert-alkyl or cyclic N) is 1. The average Bonchev–Trinajstić information content (AvgIpc) is 3.60. The lowest BCUT2D eigenvalue weighted by Crippen LogP contribution is -2.37. The first-order chi connectivity index (χ1) is 21.8. The summed E-state index contributed by atoms with van der Waals surface area (Å²) in [5, 5.41) is 9.80. The molecule has 9 heteroatoms. The van der Waals surface area contributed by atoms with E-state index in [9.17, 15) is 5.11 Å². The standard InChI is InChI=1S/C18H22N2O2.C13H19NO2.C5H4BrN/c1-18(22-17-8-5-10-19-14-17)9-11-20(15-18)12-13-21-16-6-3-2-4-7-16;1-13(15)7-8-14(11-13)9-10-16-12-5-3-2-4-6-12;6-5-2-1-3-7-4-5/h2-8,10,14H,9,11-13,15H2,1H3;2-6,15H,7-11H2,1H3;1-4H. The number of aliphatic hydroxyl groups is 1. The lowest BCUT2D eigenvalue weighted by Gasteiger charge is -2.26. The average molecular weight is 678 g/mol. The molecule has 4 aromatic rings. The van der Waals surface area contributed by atoms with E-state index >= 15 is 0 Å². The van der Waals surface area contributed by atoms with Crippen LogP contribution in [0.3, 0.4) is 0 Å². The van der Waals surface area contributed by atoms with Gasteiger partial charge in [-0.15, -0.1) is 0 Å². The van der Waals surface area contributed by atoms with Crippen LogP contribution in [0.5, 0.6) is 17.2 Å². The van der Waals surface area contributed by atoms with Gasteiger partial charge in [0, 0.05) is 68.8 Å². The van der Waals surface area contributed by atoms with Gasteiger partial charge in [0.05, 0.1) is 11.8 Å². The van der Waals surface area contributed by atoms with Crippen LogP contribution >= 0.6 is 15.9 Å². The number of benzene rings is 2. The van der Waals surface area contributed by atoms with Crippen LogP contribution in [-0.2, 0) is 0 Å². The summed E-state index contributed by atoms with van der Waals surface area (Å²) in [6, 6.07) is 27.5. The van der Waals surface area contributed by atoms with Crippen LogP contribution in [0.15, 0.2) is 114 Å². The van der Waals surface area contributed by atoms with Crippen LogP contribution in [0.2, 0.25) is 0 Å². The molecule has 2 fully saturated rings. The van der Waals surface area contributed by atoms with Gasteiger partial charge in [-0.05, 0) is 84.7 Å². The first-order valence-electron chi connectivity index (χ1n) is 15.5. The van der Waals surface area contributed by atoms with Gasteiger partial charge in [-0.25, -0.2) is 0 Å². The molecule has 2 aliphatic heterocycles. The fourth-order valence-corrected chi connectivity index (χ4v) is 5.45. The van der Waals surface area contributed by atoms with Gasteiger partial charge in [-0.3, -0.25) is 19.8 Å². The molecular formula is C36H45BrN4O4. The third-order valence-corrected chi connectivity index (χ3v) is 7.98. The normalized spacial score (nSPS) is 21.2. The van der Waals surface area contributed by atoms with Gasteiger partial charge in [-0.2, -0.15) is 0 Å². The number of likely N-dealkylation sites (tertiary alicyclic amines) is 2. The Morgan fingerprint density at radius 1 is 0.689 bits per heavy atom. The number of halogens is 1. The Morgan fingerprint density at radius 2 is 1.22 bits per heavy atom. The fourth-order valence-electron chi connectivity index (χ4n) is 5.18. The van der Waals surface area contributed by atoms with Gasteiger partial charge in [0.2, 0.25) is 0 Å². The Hall–Kier alpha value is -3.50. The maximum Gasteiger partial charge on any atom is 0.138 e. The lowest BCUT2D eigenvalue weighted by molar-refractivity contribution is 0.0670. The van der Waals surface area contributed by atoms with Gasteiger partial charge in [0.25, 0.3) is 0 Å². The zero-order valence-corrected chi connectivity index (χ0v) is 27.9. The smallest absolute Gasteiger partial charge is 0.138 e. The Morgan fingerprint density at radius 3 is 1.69 bits per heavy atom. The van der Waals surface area contributed by atoms with Crippen molar-refractivity contribution >= 4 is 15.9 Å². The number of rotatable bonds is 10. The minimum absolute atomic E-state index is 0.143. The third-order valence-electron chi connectivity index (χ3n) is 7.51. The van der Waals surface area contributed by atoms with E-state index in [0.717, 1.165) is 73.8 Å². The molecule has 6 rings (SSSR count). The van der Waals surface area contributed by atoms with E-state index in [-0.39, 0.29) is 5.60 Å². The number of hydrogen-bond donors (Lipinski definition) is 1. The van der Waals surface area contributed by atoms with Crippen molar-refractivity contribution in [2.24, 2.45) is 0 Å². The minimum atomic E-state index is -0.507. The van der Waals surface area contributed by atoms with Crippen LogP contribution in [0.25, 0.3) is 0 Å². The van der Waals surface area contributed by atoms with E-state index in [0.29, 0.717) is 13.2 Å². The summed E-state index contributed by atoms with van der Waals surface area (Å²) >= 11 is 3.25. The number of aromatic nitrogens is 2. The summed E-state index contributed by atoms with van der Waals surface area (Å²) in [6.45, 7) is 10.9. The van der Waals surface area contributed by atoms with Crippen molar-refractivity contribution in [1.82, 2.24) is 19.8 Å². The number of pyridine rings is 2. The van der Waals surface area contributed by atoms with Crippen LogP contribution in [0.4, 0.5) is 0 Å². The number of ether oxygens (including phenoxy) is 3. The van der Waals surface area contributed by atoms with Crippen molar-refractivity contribution in [2.75, 3.05) is 52.5 Å². The molecule has 240 valence electrons. The molecule has 2 aromatic carbocycles. The second kappa shape index (κ2) is 17.8. The highest BCUT2D eigenvalue weighted by Gasteiger charge is 2.35. The second-order valence-corrected chi connectivity index (χ2v) is 12.7. The van der Waals surface area contributed by atoms with Crippen molar-refractivity contribution in [3.63, 3.8) is 0 Å². The topological polar surface area (TPSA) is 80.2 Å². The maximum absolute atomic E-state index is 9.80. The molecule has 4 heterocycles. The number of nitrogens with zero attached hydrogens (tertiary/aromatic N) is 4. The predicted molar refractivity (Wildman–Crippen MR) is 182 cm³/mol. The summed E-state index contributed by atoms with van der Waals surface area (Å²) in [6.07, 6.45) is 8.90. The van der Waals surface area contributed by atoms with Gasteiger partial charge in [0.1, 0.15) is 36.1 Å². The summed E-state index contributed by atoms with van der Waals surface area (Å²) in [5.41, 5.74) is -0.650. The van der Waals surface area contributed by atoms with E-state index in [2.05, 4.69) is 42.6 Å². The summed E-state index contributed by atoms with van der Waals surface area (Å²) in [4.78, 5) is 12.6. The second-order valence-electron chi connectivity index (χ2n) is 11.8. The predicted octanol–water partition coefficient (Wildman–Crippen LogP) is 6.37. The molecule has 2 aromatic heterocycles. The Labute approximate surface area is 276 Å². The van der Waals surface area contributed by atoms with E-state index in [1.165, 1.54) is 0 Å². The molecule has 0 bridgehead atoms. The molecule has 2 saturated heterocycles. The number of hydrogen-bond acceptors (Lipinski definition) is 8. The SMILES string of the molecule is Brc1cccnc1.CC1(O)CCN(CCOc2ccccc2)C1.CC1(Oc2cccnc2)CCN(CCOc2ccccc2)C1. The van der Waals surface area contributed by atoms with Gasteiger partial charge in [-0.1, -0.05) is 36.4 Å². The third kappa shape index (κ3) is 13.2. The maximum atomic E-state index is 9.80. The highest BCUT2D eigenvalue weighted by Crippen LogP contribution is 2.27. The molecule has 8 nitrogen and oxygen atoms in total. The van der Waals surface area contributed by atoms with E-state index in [1.807, 2.05) is 91.9 Å². The Bertz CT molecular complexity index is 1350. The molecule has 2 aliphatic rings. The van der Waals surface area contributed by atoms with Gasteiger partial charge < -0.3 is 19.3 Å². The molecule has 0 aliphatic carbocycles. The molecule has 45 heavy (non-hydrogen) atoms. The van der Waals surface area contributed by atoms with Crippen molar-refractivity contribution < 1.29 is 19.3 Å². The van der Waals surface area contributed by atoms with E-state index in [4.69, 9.17) is 14.2 Å². The first-order valence-corrected chi connectivity index (χ1v) is 16.3. The molecule has 0 spiro atoms. The molecular weight excluding hydrogens is 632 g/mol. The van der Waals surface area contributed by atoms with Crippen molar-refractivity contribution in [2.45, 2.75) is 37.9 Å². The highest BCUT2D eigenvalue weighted by atomic mass is 79.9. The molecule has 0 saturated carbocycles. The molecule has 0 radical (unpaired) electrons. The molecule has 2 unspecified atom stereocenters. The van der Waals surface area contributed by atoms with Gasteiger partial charge in [0.15, 0.2) is 0 Å². The molecule has 2 atom stereocenters. The summed E-state index contributed by atoms with van der Waals surface area (Å²) in [5.74, 6) is 2.68. The molecule has 0 amide bonds. The first kappa shape index (κ1) is 34.4. The van der Waals surface area contributed by atoms with E-state index in [1.54, 1.807) is 24.8 Å². The van der Waals surface area contributed by atoms with Crippen LogP contribution in [0.1, 0.15) is 26.7 Å². The van der Waals surface area contributed by atoms with E-state index < -0.39 is 5.60 Å².